The lowest BCUT2D eigenvalue weighted by Gasteiger charge is -2.28. The summed E-state index contributed by atoms with van der Waals surface area (Å²) in [6.45, 7) is 4.48. The molecule has 252 valence electrons. The van der Waals surface area contributed by atoms with E-state index in [1.807, 2.05) is 60.7 Å². The quantitative estimate of drug-likeness (QED) is 0.131. The average Bonchev–Trinajstić information content (AvgIpc) is 2.97. The van der Waals surface area contributed by atoms with Gasteiger partial charge in [0.2, 0.25) is 0 Å². The van der Waals surface area contributed by atoms with E-state index >= 15 is 0 Å². The Hall–Kier alpha value is -0.160. The fourth-order valence-electron chi connectivity index (χ4n) is 4.35. The van der Waals surface area contributed by atoms with E-state index in [0.29, 0.717) is 23.0 Å². The molecule has 0 spiro atoms. The zero-order valence-electron chi connectivity index (χ0n) is 24.8. The molecule has 4 aromatic rings. The molecule has 0 radical (unpaired) electrons. The molecule has 0 heterocycles. The van der Waals surface area contributed by atoms with Gasteiger partial charge in [-0.1, -0.05) is 77.6 Å². The van der Waals surface area contributed by atoms with Crippen LogP contribution in [0.15, 0.2) is 96.4 Å². The molecule has 0 saturated heterocycles. The van der Waals surface area contributed by atoms with Gasteiger partial charge in [-0.05, 0) is 136 Å². The minimum atomic E-state index is -0.847. The monoisotopic (exact) mass is 1150 g/mol. The summed E-state index contributed by atoms with van der Waals surface area (Å²) in [5.41, 5.74) is 1.61. The topological polar surface area (TPSA) is 77.4 Å². The Balaban J connectivity index is 1.38. The molecule has 0 aliphatic carbocycles. The van der Waals surface area contributed by atoms with Gasteiger partial charge in [-0.3, -0.25) is 0 Å². The zero-order chi connectivity index (χ0) is 34.5. The normalized spacial score (nSPS) is 12.9. The van der Waals surface area contributed by atoms with Crippen LogP contribution in [0.5, 0.6) is 23.0 Å². The van der Waals surface area contributed by atoms with Crippen molar-refractivity contribution in [2.24, 2.45) is 0 Å². The highest BCUT2D eigenvalue weighted by Gasteiger charge is 2.28. The number of halogens is 8. The van der Waals surface area contributed by atoms with Gasteiger partial charge in [0, 0.05) is 23.3 Å². The van der Waals surface area contributed by atoms with E-state index < -0.39 is 17.6 Å². The number of aliphatic hydroxyl groups is 2. The van der Waals surface area contributed by atoms with Gasteiger partial charge in [0.05, 0.1) is 17.9 Å². The second-order valence-electron chi connectivity index (χ2n) is 10.9. The van der Waals surface area contributed by atoms with Crippen LogP contribution in [0.3, 0.4) is 0 Å². The van der Waals surface area contributed by atoms with Crippen molar-refractivity contribution in [1.29, 1.82) is 0 Å². The summed E-state index contributed by atoms with van der Waals surface area (Å²) in [6, 6.07) is 19.2. The van der Waals surface area contributed by atoms with Gasteiger partial charge < -0.3 is 29.2 Å². The molecule has 0 aliphatic heterocycles. The highest BCUT2D eigenvalue weighted by Crippen LogP contribution is 2.44. The number of aliphatic hydroxyl groups excluding tert-OH is 2. The van der Waals surface area contributed by atoms with Gasteiger partial charge in [0.1, 0.15) is 61.6 Å². The Morgan fingerprint density at radius 3 is 1.04 bits per heavy atom. The van der Waals surface area contributed by atoms with Gasteiger partial charge in [-0.15, -0.1) is 0 Å². The number of rotatable bonds is 14. The number of hydrogen-bond donors (Lipinski definition) is 2. The van der Waals surface area contributed by atoms with E-state index in [4.69, 9.17) is 18.9 Å². The molecular formula is C33H28Br8O6. The minimum Gasteiger partial charge on any atom is -0.491 e. The van der Waals surface area contributed by atoms with E-state index in [1.165, 1.54) is 0 Å². The van der Waals surface area contributed by atoms with Crippen molar-refractivity contribution in [3.8, 4) is 23.0 Å². The summed E-state index contributed by atoms with van der Waals surface area (Å²) in [5, 5.41) is 21.0. The molecule has 4 aromatic carbocycles. The molecule has 0 bridgehead atoms. The first kappa shape index (κ1) is 39.6. The van der Waals surface area contributed by atoms with Crippen LogP contribution in [0.1, 0.15) is 25.0 Å². The predicted octanol–water partition coefficient (Wildman–Crippen LogP) is 11.7. The van der Waals surface area contributed by atoms with Crippen LogP contribution in [-0.2, 0) is 5.41 Å². The maximum absolute atomic E-state index is 10.5. The maximum Gasteiger partial charge on any atom is 0.147 e. The molecule has 2 atom stereocenters. The van der Waals surface area contributed by atoms with Crippen LogP contribution in [0.4, 0.5) is 0 Å². The molecule has 2 N–H and O–H groups in total. The molecule has 0 amide bonds. The lowest BCUT2D eigenvalue weighted by Crippen LogP contribution is -2.25. The Kier molecular flexibility index (Phi) is 15.1. The first-order valence-electron chi connectivity index (χ1n) is 13.9. The van der Waals surface area contributed by atoms with E-state index in [2.05, 4.69) is 141 Å². The molecular weight excluding hydrogens is 1130 g/mol. The van der Waals surface area contributed by atoms with E-state index in [0.717, 1.165) is 46.9 Å². The van der Waals surface area contributed by atoms with Crippen LogP contribution in [-0.4, -0.2) is 48.8 Å². The van der Waals surface area contributed by atoms with Crippen molar-refractivity contribution in [3.05, 3.63) is 108 Å². The first-order chi connectivity index (χ1) is 22.1. The van der Waals surface area contributed by atoms with Crippen molar-refractivity contribution in [2.75, 3.05) is 26.4 Å². The third kappa shape index (κ3) is 11.4. The van der Waals surface area contributed by atoms with E-state index in [9.17, 15) is 10.2 Å². The molecule has 0 fully saturated rings. The standard InChI is InChI=1S/C33H28Br8O6/c1-33(2,17-3-27(38)31(28(39)4-17)46-15-23(42)13-44-25-9-19(34)7-20(35)10-25)18-5-29(40)32(30(41)6-18)47-16-24(43)14-45-26-11-21(36)8-22(37)12-26/h3-12,23-24,42-43H,13-16H2,1-2H3. The summed E-state index contributed by atoms with van der Waals surface area (Å²) in [4.78, 5) is 0. The molecule has 0 aromatic heterocycles. The molecule has 0 saturated carbocycles. The highest BCUT2D eigenvalue weighted by molar-refractivity contribution is 9.12. The minimum absolute atomic E-state index is 0.0408. The fraction of sp³-hybridized carbons (Fsp3) is 0.273. The number of hydrogen-bond acceptors (Lipinski definition) is 6. The van der Waals surface area contributed by atoms with Crippen LogP contribution in [0.2, 0.25) is 0 Å². The molecule has 4 rings (SSSR count). The van der Waals surface area contributed by atoms with E-state index in [-0.39, 0.29) is 26.4 Å². The van der Waals surface area contributed by atoms with Crippen molar-refractivity contribution < 1.29 is 29.2 Å². The van der Waals surface area contributed by atoms with Crippen molar-refractivity contribution in [3.63, 3.8) is 0 Å². The van der Waals surface area contributed by atoms with Crippen molar-refractivity contribution in [2.45, 2.75) is 31.5 Å². The summed E-state index contributed by atoms with van der Waals surface area (Å²) in [5.74, 6) is 2.42. The second-order valence-corrected chi connectivity index (χ2v) is 18.0. The van der Waals surface area contributed by atoms with Gasteiger partial charge in [0.25, 0.3) is 0 Å². The van der Waals surface area contributed by atoms with Crippen molar-refractivity contribution >= 4 is 127 Å². The Labute approximate surface area is 341 Å². The molecule has 0 aliphatic rings. The van der Waals surface area contributed by atoms with Crippen molar-refractivity contribution in [1.82, 2.24) is 0 Å². The van der Waals surface area contributed by atoms with Gasteiger partial charge in [0.15, 0.2) is 0 Å². The fourth-order valence-corrected chi connectivity index (χ4v) is 9.68. The van der Waals surface area contributed by atoms with Crippen LogP contribution < -0.4 is 18.9 Å². The summed E-state index contributed by atoms with van der Waals surface area (Å²) < 4.78 is 29.9. The largest absolute Gasteiger partial charge is 0.491 e. The van der Waals surface area contributed by atoms with Crippen LogP contribution >= 0.6 is 127 Å². The maximum atomic E-state index is 10.5. The molecule has 14 heteroatoms. The molecule has 47 heavy (non-hydrogen) atoms. The van der Waals surface area contributed by atoms with Crippen LogP contribution in [0.25, 0.3) is 0 Å². The first-order valence-corrected chi connectivity index (χ1v) is 20.2. The lowest BCUT2D eigenvalue weighted by molar-refractivity contribution is 0.0620. The summed E-state index contributed by atoms with van der Waals surface area (Å²) in [7, 11) is 0. The second kappa shape index (κ2) is 17.9. The Morgan fingerprint density at radius 1 is 0.468 bits per heavy atom. The van der Waals surface area contributed by atoms with E-state index in [1.54, 1.807) is 0 Å². The third-order valence-electron chi connectivity index (χ3n) is 6.84. The Bertz CT molecular complexity index is 1510. The highest BCUT2D eigenvalue weighted by atomic mass is 79.9. The smallest absolute Gasteiger partial charge is 0.147 e. The third-order valence-corrected chi connectivity index (χ3v) is 11.0. The van der Waals surface area contributed by atoms with Gasteiger partial charge >= 0.3 is 0 Å². The number of benzene rings is 4. The zero-order valence-corrected chi connectivity index (χ0v) is 37.5. The van der Waals surface area contributed by atoms with Crippen LogP contribution in [0, 0.1) is 0 Å². The summed E-state index contributed by atoms with van der Waals surface area (Å²) in [6.07, 6.45) is -1.69. The Morgan fingerprint density at radius 2 is 0.745 bits per heavy atom. The average molecular weight is 1160 g/mol. The van der Waals surface area contributed by atoms with Gasteiger partial charge in [-0.2, -0.15) is 0 Å². The molecule has 6 nitrogen and oxygen atoms in total. The predicted molar refractivity (Wildman–Crippen MR) is 213 cm³/mol. The number of ether oxygens (including phenoxy) is 4. The van der Waals surface area contributed by atoms with Gasteiger partial charge in [-0.25, -0.2) is 0 Å². The lowest BCUT2D eigenvalue weighted by atomic mass is 9.78. The molecule has 2 unspecified atom stereocenters. The summed E-state index contributed by atoms with van der Waals surface area (Å²) >= 11 is 28.4. The SMILES string of the molecule is CC(C)(c1cc(Br)c(OCC(O)COc2cc(Br)cc(Br)c2)c(Br)c1)c1cc(Br)c(OCC(O)COc2cc(Br)cc(Br)c2)c(Br)c1.